The number of halogens is 1. The van der Waals surface area contributed by atoms with Gasteiger partial charge in [-0.1, -0.05) is 23.5 Å². The second-order valence-corrected chi connectivity index (χ2v) is 5.77. The molecule has 1 N–H and O–H groups in total. The Hall–Kier alpha value is -2.02. The van der Waals surface area contributed by atoms with Gasteiger partial charge in [-0.3, -0.25) is 5.32 Å². The van der Waals surface area contributed by atoms with Gasteiger partial charge >= 0.3 is 6.03 Å². The first-order valence-corrected chi connectivity index (χ1v) is 7.71. The van der Waals surface area contributed by atoms with Crippen molar-refractivity contribution >= 4 is 22.5 Å². The molecule has 0 bridgehead atoms. The highest BCUT2D eigenvalue weighted by atomic mass is 32.1. The Balaban J connectivity index is 1.79. The third kappa shape index (κ3) is 3.18. The number of hydrogen-bond donors (Lipinski definition) is 1. The van der Waals surface area contributed by atoms with Crippen molar-refractivity contribution in [2.24, 2.45) is 0 Å². The zero-order valence-corrected chi connectivity index (χ0v) is 12.1. The van der Waals surface area contributed by atoms with Crippen LogP contribution < -0.4 is 5.32 Å². The Kier molecular flexibility index (Phi) is 4.10. The molecule has 7 heteroatoms. The second-order valence-electron chi connectivity index (χ2n) is 4.93. The van der Waals surface area contributed by atoms with Gasteiger partial charge in [0.05, 0.1) is 6.04 Å². The molecule has 21 heavy (non-hydrogen) atoms. The normalized spacial score (nSPS) is 18.5. The summed E-state index contributed by atoms with van der Waals surface area (Å²) in [5.74, 6) is -0.275. The average molecular weight is 306 g/mol. The van der Waals surface area contributed by atoms with Gasteiger partial charge in [0.15, 0.2) is 0 Å². The minimum absolute atomic E-state index is 0.0950. The number of likely N-dealkylation sites (tertiary alicyclic amines) is 1. The highest BCUT2D eigenvalue weighted by Crippen LogP contribution is 2.31. The first-order chi connectivity index (χ1) is 10.2. The van der Waals surface area contributed by atoms with Gasteiger partial charge in [-0.2, -0.15) is 0 Å². The maximum atomic E-state index is 13.4. The number of amides is 2. The van der Waals surface area contributed by atoms with Crippen molar-refractivity contribution in [1.29, 1.82) is 0 Å². The number of aromatic nitrogens is 2. The monoisotopic (exact) mass is 306 g/mol. The van der Waals surface area contributed by atoms with E-state index in [-0.39, 0.29) is 17.9 Å². The molecule has 3 rings (SSSR count). The lowest BCUT2D eigenvalue weighted by molar-refractivity contribution is 0.163. The Morgan fingerprint density at radius 1 is 1.43 bits per heavy atom. The number of urea groups is 1. The van der Waals surface area contributed by atoms with Crippen molar-refractivity contribution in [3.63, 3.8) is 0 Å². The molecule has 5 nitrogen and oxygen atoms in total. The Morgan fingerprint density at radius 2 is 2.33 bits per heavy atom. The molecule has 0 spiro atoms. The minimum atomic E-state index is -0.275. The fourth-order valence-electron chi connectivity index (χ4n) is 2.63. The third-order valence-corrected chi connectivity index (χ3v) is 4.18. The van der Waals surface area contributed by atoms with Crippen molar-refractivity contribution in [2.45, 2.75) is 25.3 Å². The number of benzene rings is 1. The molecule has 2 heterocycles. The topological polar surface area (TPSA) is 58.1 Å². The molecule has 0 aliphatic carbocycles. The van der Waals surface area contributed by atoms with Crippen LogP contribution in [0.2, 0.25) is 0 Å². The summed E-state index contributed by atoms with van der Waals surface area (Å²) in [4.78, 5) is 14.1. The molecule has 1 aliphatic heterocycles. The number of piperidine rings is 1. The summed E-state index contributed by atoms with van der Waals surface area (Å²) in [7, 11) is 0. The van der Waals surface area contributed by atoms with E-state index in [4.69, 9.17) is 0 Å². The van der Waals surface area contributed by atoms with Gasteiger partial charge < -0.3 is 4.90 Å². The van der Waals surface area contributed by atoms with Crippen molar-refractivity contribution in [1.82, 2.24) is 15.1 Å². The largest absolute Gasteiger partial charge is 0.324 e. The molecule has 1 aromatic heterocycles. The van der Waals surface area contributed by atoms with Crippen LogP contribution in [0.3, 0.4) is 0 Å². The van der Waals surface area contributed by atoms with Crippen LogP contribution in [0.1, 0.15) is 30.9 Å². The highest BCUT2D eigenvalue weighted by molar-refractivity contribution is 7.13. The molecule has 1 atom stereocenters. The number of nitrogens with zero attached hydrogens (tertiary/aromatic N) is 3. The summed E-state index contributed by atoms with van der Waals surface area (Å²) in [6.45, 7) is 0.659. The summed E-state index contributed by atoms with van der Waals surface area (Å²) >= 11 is 1.27. The molecule has 1 saturated heterocycles. The van der Waals surface area contributed by atoms with E-state index in [9.17, 15) is 9.18 Å². The number of carbonyl (C=O) groups excluding carboxylic acids is 1. The molecule has 1 unspecified atom stereocenters. The van der Waals surface area contributed by atoms with E-state index in [1.54, 1.807) is 16.5 Å². The number of rotatable bonds is 2. The van der Waals surface area contributed by atoms with Crippen LogP contribution in [0.15, 0.2) is 29.8 Å². The number of anilines is 1. The van der Waals surface area contributed by atoms with Crippen LogP contribution in [0.4, 0.5) is 14.3 Å². The van der Waals surface area contributed by atoms with E-state index in [2.05, 4.69) is 15.5 Å². The summed E-state index contributed by atoms with van der Waals surface area (Å²) < 4.78 is 13.4. The summed E-state index contributed by atoms with van der Waals surface area (Å²) in [6.07, 6.45) is 2.83. The van der Waals surface area contributed by atoms with Crippen molar-refractivity contribution in [2.75, 3.05) is 11.9 Å². The summed E-state index contributed by atoms with van der Waals surface area (Å²) in [6, 6.07) is 6.16. The van der Waals surface area contributed by atoms with Crippen LogP contribution in [0.25, 0.3) is 0 Å². The first kappa shape index (κ1) is 13.9. The Morgan fingerprint density at radius 3 is 3.10 bits per heavy atom. The number of carbonyl (C=O) groups is 1. The lowest BCUT2D eigenvalue weighted by atomic mass is 9.95. The van der Waals surface area contributed by atoms with E-state index < -0.39 is 0 Å². The van der Waals surface area contributed by atoms with Gasteiger partial charge in [-0.15, -0.1) is 10.2 Å². The summed E-state index contributed by atoms with van der Waals surface area (Å²) in [5, 5.41) is 10.7. The lowest BCUT2D eigenvalue weighted by Crippen LogP contribution is -2.41. The van der Waals surface area contributed by atoms with E-state index >= 15 is 0 Å². The molecule has 0 saturated carbocycles. The average Bonchev–Trinajstić information content (AvgIpc) is 3.00. The van der Waals surface area contributed by atoms with E-state index in [1.807, 2.05) is 6.07 Å². The first-order valence-electron chi connectivity index (χ1n) is 6.83. The predicted octanol–water partition coefficient (Wildman–Crippen LogP) is 3.44. The smallest absolute Gasteiger partial charge is 0.317 e. The third-order valence-electron chi connectivity index (χ3n) is 3.57. The molecule has 2 amide bonds. The highest BCUT2D eigenvalue weighted by Gasteiger charge is 2.28. The zero-order chi connectivity index (χ0) is 14.7. The van der Waals surface area contributed by atoms with E-state index in [1.165, 1.54) is 23.5 Å². The SMILES string of the molecule is O=C(Nc1nncs1)N1CCCCC1c1cccc(F)c1. The number of nitrogens with one attached hydrogen (secondary N) is 1. The van der Waals surface area contributed by atoms with Crippen molar-refractivity contribution in [3.05, 3.63) is 41.2 Å². The fourth-order valence-corrected chi connectivity index (χ4v) is 3.06. The van der Waals surface area contributed by atoms with Crippen LogP contribution in [-0.4, -0.2) is 27.7 Å². The van der Waals surface area contributed by atoms with Gasteiger partial charge in [-0.05, 0) is 37.0 Å². The van der Waals surface area contributed by atoms with E-state index in [0.717, 1.165) is 24.8 Å². The van der Waals surface area contributed by atoms with Gasteiger partial charge in [0, 0.05) is 6.54 Å². The van der Waals surface area contributed by atoms with Gasteiger partial charge in [-0.25, -0.2) is 9.18 Å². The maximum Gasteiger partial charge on any atom is 0.324 e. The zero-order valence-electron chi connectivity index (χ0n) is 11.3. The Labute approximate surface area is 125 Å². The van der Waals surface area contributed by atoms with Crippen molar-refractivity contribution in [3.8, 4) is 0 Å². The van der Waals surface area contributed by atoms with Gasteiger partial charge in [0.25, 0.3) is 0 Å². The molecular formula is C14H15FN4OS. The van der Waals surface area contributed by atoms with Crippen LogP contribution in [0, 0.1) is 5.82 Å². The van der Waals surface area contributed by atoms with Gasteiger partial charge in [0.1, 0.15) is 11.3 Å². The maximum absolute atomic E-state index is 13.4. The minimum Gasteiger partial charge on any atom is -0.317 e. The van der Waals surface area contributed by atoms with Crippen LogP contribution in [-0.2, 0) is 0 Å². The molecular weight excluding hydrogens is 291 g/mol. The quantitative estimate of drug-likeness (QED) is 0.924. The number of hydrogen-bond acceptors (Lipinski definition) is 4. The molecule has 1 aliphatic rings. The molecule has 0 radical (unpaired) electrons. The Bertz CT molecular complexity index is 619. The second kappa shape index (κ2) is 6.17. The van der Waals surface area contributed by atoms with Crippen LogP contribution in [0.5, 0.6) is 0 Å². The fraction of sp³-hybridized carbons (Fsp3) is 0.357. The van der Waals surface area contributed by atoms with E-state index in [0.29, 0.717) is 11.7 Å². The van der Waals surface area contributed by atoms with Crippen LogP contribution >= 0.6 is 11.3 Å². The predicted molar refractivity (Wildman–Crippen MR) is 78.6 cm³/mol. The van der Waals surface area contributed by atoms with Gasteiger partial charge in [0.2, 0.25) is 5.13 Å². The molecule has 110 valence electrons. The molecule has 2 aromatic rings. The molecule has 1 fully saturated rings. The standard InChI is InChI=1S/C14H15FN4OS/c15-11-5-3-4-10(8-11)12-6-1-2-7-19(12)14(20)17-13-18-16-9-21-13/h3-5,8-9,12H,1-2,6-7H2,(H,17,18,20). The molecule has 1 aromatic carbocycles. The summed E-state index contributed by atoms with van der Waals surface area (Å²) in [5.41, 5.74) is 2.40. The van der Waals surface area contributed by atoms with Crippen molar-refractivity contribution < 1.29 is 9.18 Å². The lowest BCUT2D eigenvalue weighted by Gasteiger charge is -2.35.